The van der Waals surface area contributed by atoms with Crippen LogP contribution in [0.2, 0.25) is 0 Å². The second kappa shape index (κ2) is 5.46. The number of rotatable bonds is 5. The van der Waals surface area contributed by atoms with Crippen LogP contribution in [0.15, 0.2) is 17.5 Å². The Morgan fingerprint density at radius 3 is 2.81 bits per heavy atom. The SMILES string of the molecule is CC(O)CCNC(=O)C(C)(C)c1cccs1. The molecule has 1 heterocycles. The number of carbonyl (C=O) groups excluding carboxylic acids is 1. The average molecular weight is 241 g/mol. The van der Waals surface area contributed by atoms with E-state index in [2.05, 4.69) is 5.32 Å². The quantitative estimate of drug-likeness (QED) is 0.827. The van der Waals surface area contributed by atoms with Crippen molar-refractivity contribution < 1.29 is 9.90 Å². The van der Waals surface area contributed by atoms with Gasteiger partial charge in [0.1, 0.15) is 0 Å². The minimum Gasteiger partial charge on any atom is -0.393 e. The molecule has 0 saturated heterocycles. The zero-order valence-electron chi connectivity index (χ0n) is 9.99. The first-order chi connectivity index (χ1) is 7.44. The summed E-state index contributed by atoms with van der Waals surface area (Å²) in [5.41, 5.74) is -0.493. The van der Waals surface area contributed by atoms with Gasteiger partial charge in [0, 0.05) is 11.4 Å². The summed E-state index contributed by atoms with van der Waals surface area (Å²) in [5, 5.41) is 13.9. The van der Waals surface area contributed by atoms with Crippen LogP contribution in [0, 0.1) is 0 Å². The lowest BCUT2D eigenvalue weighted by molar-refractivity contribution is -0.125. The second-order valence-corrected chi connectivity index (χ2v) is 5.44. The van der Waals surface area contributed by atoms with Crippen LogP contribution in [0.5, 0.6) is 0 Å². The monoisotopic (exact) mass is 241 g/mol. The molecule has 1 atom stereocenters. The summed E-state index contributed by atoms with van der Waals surface area (Å²) in [7, 11) is 0. The molecule has 0 aliphatic heterocycles. The van der Waals surface area contributed by atoms with Crippen molar-refractivity contribution in [3.63, 3.8) is 0 Å². The van der Waals surface area contributed by atoms with Crippen molar-refractivity contribution in [2.45, 2.75) is 38.7 Å². The molecule has 16 heavy (non-hydrogen) atoms. The van der Waals surface area contributed by atoms with Gasteiger partial charge in [0.2, 0.25) is 5.91 Å². The largest absolute Gasteiger partial charge is 0.393 e. The molecule has 0 fully saturated rings. The van der Waals surface area contributed by atoms with Crippen LogP contribution in [-0.4, -0.2) is 23.7 Å². The molecule has 90 valence electrons. The third-order valence-corrected chi connectivity index (χ3v) is 3.75. The van der Waals surface area contributed by atoms with Crippen LogP contribution in [-0.2, 0) is 10.2 Å². The van der Waals surface area contributed by atoms with Crippen molar-refractivity contribution in [1.29, 1.82) is 0 Å². The van der Waals surface area contributed by atoms with E-state index in [0.717, 1.165) is 4.88 Å². The molecule has 1 unspecified atom stereocenters. The Bertz CT molecular complexity index is 331. The predicted octanol–water partition coefficient (Wildman–Crippen LogP) is 1.91. The Hall–Kier alpha value is -0.870. The lowest BCUT2D eigenvalue weighted by Crippen LogP contribution is -2.40. The number of amides is 1. The van der Waals surface area contributed by atoms with Crippen molar-refractivity contribution in [1.82, 2.24) is 5.32 Å². The van der Waals surface area contributed by atoms with E-state index in [9.17, 15) is 4.79 Å². The summed E-state index contributed by atoms with van der Waals surface area (Å²) < 4.78 is 0. The summed E-state index contributed by atoms with van der Waals surface area (Å²) in [4.78, 5) is 13.0. The van der Waals surface area contributed by atoms with Crippen molar-refractivity contribution in [3.8, 4) is 0 Å². The summed E-state index contributed by atoms with van der Waals surface area (Å²) in [5.74, 6) is 0.00981. The normalized spacial score (nSPS) is 13.5. The van der Waals surface area contributed by atoms with Crippen molar-refractivity contribution in [3.05, 3.63) is 22.4 Å². The van der Waals surface area contributed by atoms with E-state index >= 15 is 0 Å². The summed E-state index contributed by atoms with van der Waals surface area (Å²) in [6.45, 7) is 6.06. The van der Waals surface area contributed by atoms with Crippen LogP contribution < -0.4 is 5.32 Å². The summed E-state index contributed by atoms with van der Waals surface area (Å²) >= 11 is 1.59. The lowest BCUT2D eigenvalue weighted by atomic mass is 9.90. The van der Waals surface area contributed by atoms with Gasteiger partial charge in [0.05, 0.1) is 11.5 Å². The van der Waals surface area contributed by atoms with E-state index in [0.29, 0.717) is 13.0 Å². The van der Waals surface area contributed by atoms with Gasteiger partial charge in [-0.15, -0.1) is 11.3 Å². The number of nitrogens with one attached hydrogen (secondary N) is 1. The highest BCUT2D eigenvalue weighted by molar-refractivity contribution is 7.10. The third-order valence-electron chi connectivity index (χ3n) is 2.55. The Labute approximate surface area is 100 Å². The van der Waals surface area contributed by atoms with Gasteiger partial charge in [-0.25, -0.2) is 0 Å². The first-order valence-electron chi connectivity index (χ1n) is 5.45. The molecule has 0 aromatic carbocycles. The first kappa shape index (κ1) is 13.2. The molecule has 0 bridgehead atoms. The van der Waals surface area contributed by atoms with E-state index < -0.39 is 5.41 Å². The van der Waals surface area contributed by atoms with Gasteiger partial charge in [-0.3, -0.25) is 4.79 Å². The molecule has 0 aliphatic carbocycles. The van der Waals surface area contributed by atoms with E-state index in [1.165, 1.54) is 0 Å². The maximum absolute atomic E-state index is 12.0. The standard InChI is InChI=1S/C12H19NO2S/c1-9(14)6-7-13-11(15)12(2,3)10-5-4-8-16-10/h4-5,8-9,14H,6-7H2,1-3H3,(H,13,15). The Morgan fingerprint density at radius 2 is 2.31 bits per heavy atom. The van der Waals surface area contributed by atoms with Crippen molar-refractivity contribution >= 4 is 17.2 Å². The summed E-state index contributed by atoms with van der Waals surface area (Å²) in [6, 6.07) is 3.92. The van der Waals surface area contributed by atoms with Crippen LogP contribution in [0.25, 0.3) is 0 Å². The zero-order valence-corrected chi connectivity index (χ0v) is 10.8. The number of aliphatic hydroxyl groups is 1. The number of thiophene rings is 1. The van der Waals surface area contributed by atoms with Crippen molar-refractivity contribution in [2.24, 2.45) is 0 Å². The van der Waals surface area contributed by atoms with Gasteiger partial charge in [0.25, 0.3) is 0 Å². The zero-order chi connectivity index (χ0) is 12.2. The van der Waals surface area contributed by atoms with Gasteiger partial charge < -0.3 is 10.4 Å². The number of carbonyl (C=O) groups is 1. The lowest BCUT2D eigenvalue weighted by Gasteiger charge is -2.22. The number of aliphatic hydroxyl groups excluding tert-OH is 1. The molecule has 1 aromatic heterocycles. The molecule has 4 heteroatoms. The molecular weight excluding hydrogens is 222 g/mol. The van der Waals surface area contributed by atoms with Crippen molar-refractivity contribution in [2.75, 3.05) is 6.54 Å². The van der Waals surface area contributed by atoms with E-state index in [1.54, 1.807) is 18.3 Å². The first-order valence-corrected chi connectivity index (χ1v) is 6.33. The van der Waals surface area contributed by atoms with E-state index in [-0.39, 0.29) is 12.0 Å². The average Bonchev–Trinajstić information content (AvgIpc) is 2.69. The Balaban J connectivity index is 2.53. The molecule has 0 saturated carbocycles. The molecule has 1 amide bonds. The van der Waals surface area contributed by atoms with Crippen LogP contribution in [0.3, 0.4) is 0 Å². The minimum atomic E-state index is -0.493. The molecule has 0 spiro atoms. The van der Waals surface area contributed by atoms with Gasteiger partial charge in [0.15, 0.2) is 0 Å². The van der Waals surface area contributed by atoms with E-state index in [4.69, 9.17) is 5.11 Å². The highest BCUT2D eigenvalue weighted by Gasteiger charge is 2.30. The second-order valence-electron chi connectivity index (χ2n) is 4.50. The third kappa shape index (κ3) is 3.32. The van der Waals surface area contributed by atoms with Crippen LogP contribution in [0.1, 0.15) is 32.1 Å². The molecule has 1 aromatic rings. The van der Waals surface area contributed by atoms with Gasteiger partial charge in [-0.1, -0.05) is 6.07 Å². The fourth-order valence-corrected chi connectivity index (χ4v) is 2.21. The fourth-order valence-electron chi connectivity index (χ4n) is 1.36. The minimum absolute atomic E-state index is 0.00981. The Kier molecular flexibility index (Phi) is 4.50. The smallest absolute Gasteiger partial charge is 0.230 e. The highest BCUT2D eigenvalue weighted by Crippen LogP contribution is 2.27. The molecular formula is C12H19NO2S. The maximum atomic E-state index is 12.0. The molecule has 0 aliphatic rings. The molecule has 2 N–H and O–H groups in total. The summed E-state index contributed by atoms with van der Waals surface area (Å²) in [6.07, 6.45) is 0.219. The molecule has 1 rings (SSSR count). The number of hydrogen-bond donors (Lipinski definition) is 2. The van der Waals surface area contributed by atoms with Crippen LogP contribution >= 0.6 is 11.3 Å². The molecule has 3 nitrogen and oxygen atoms in total. The van der Waals surface area contributed by atoms with Gasteiger partial charge >= 0.3 is 0 Å². The highest BCUT2D eigenvalue weighted by atomic mass is 32.1. The number of hydrogen-bond acceptors (Lipinski definition) is 3. The predicted molar refractivity (Wildman–Crippen MR) is 66.7 cm³/mol. The van der Waals surface area contributed by atoms with Gasteiger partial charge in [-0.2, -0.15) is 0 Å². The Morgan fingerprint density at radius 1 is 1.62 bits per heavy atom. The maximum Gasteiger partial charge on any atom is 0.230 e. The topological polar surface area (TPSA) is 49.3 Å². The fraction of sp³-hybridized carbons (Fsp3) is 0.583. The molecule has 0 radical (unpaired) electrons. The van der Waals surface area contributed by atoms with E-state index in [1.807, 2.05) is 31.4 Å². The van der Waals surface area contributed by atoms with Crippen LogP contribution in [0.4, 0.5) is 0 Å². The van der Waals surface area contributed by atoms with Gasteiger partial charge in [-0.05, 0) is 38.6 Å².